The Balaban J connectivity index is 1.77. The summed E-state index contributed by atoms with van der Waals surface area (Å²) < 4.78 is 16.0. The lowest BCUT2D eigenvalue weighted by molar-refractivity contribution is 0.0975. The quantitative estimate of drug-likeness (QED) is 0.552. The molecule has 0 unspecified atom stereocenters. The fraction of sp³-hybridized carbons (Fsp3) is 0.333. The minimum absolute atomic E-state index is 0.0555. The van der Waals surface area contributed by atoms with E-state index in [0.717, 1.165) is 19.4 Å². The van der Waals surface area contributed by atoms with E-state index in [1.165, 1.54) is 0 Å². The number of guanidine groups is 1. The summed E-state index contributed by atoms with van der Waals surface area (Å²) in [5, 5.41) is 6.39. The number of benzene rings is 2. The number of ether oxygens (including phenoxy) is 3. The van der Waals surface area contributed by atoms with Crippen LogP contribution in [-0.4, -0.2) is 45.3 Å². The van der Waals surface area contributed by atoms with Crippen molar-refractivity contribution in [3.05, 3.63) is 53.1 Å². The van der Waals surface area contributed by atoms with Crippen molar-refractivity contribution in [1.29, 1.82) is 0 Å². The number of carbonyl (C=O) groups excluding carboxylic acids is 1. The van der Waals surface area contributed by atoms with Crippen LogP contribution in [0.25, 0.3) is 0 Å². The van der Waals surface area contributed by atoms with Crippen molar-refractivity contribution >= 4 is 29.2 Å². The van der Waals surface area contributed by atoms with E-state index in [1.807, 2.05) is 0 Å². The SMILES string of the molecule is COc1cccc(C(=O)NC(=NC[C@@H]2CCCO2)Nc2ccc(OC)c(Cl)c2)c1. The summed E-state index contributed by atoms with van der Waals surface area (Å²) in [6, 6.07) is 12.2. The molecule has 1 aliphatic rings. The molecule has 1 atom stereocenters. The fourth-order valence-electron chi connectivity index (χ4n) is 2.92. The van der Waals surface area contributed by atoms with E-state index < -0.39 is 0 Å². The Labute approximate surface area is 175 Å². The topological polar surface area (TPSA) is 81.2 Å². The van der Waals surface area contributed by atoms with Crippen molar-refractivity contribution in [3.63, 3.8) is 0 Å². The number of hydrogen-bond acceptors (Lipinski definition) is 5. The lowest BCUT2D eigenvalue weighted by Gasteiger charge is -2.14. The van der Waals surface area contributed by atoms with Gasteiger partial charge in [0.05, 0.1) is 31.9 Å². The summed E-state index contributed by atoms with van der Waals surface area (Å²) in [7, 11) is 3.11. The summed E-state index contributed by atoms with van der Waals surface area (Å²) in [6.45, 7) is 1.19. The third-order valence-corrected chi connectivity index (χ3v) is 4.75. The molecule has 8 heteroatoms. The highest BCUT2D eigenvalue weighted by Gasteiger charge is 2.16. The van der Waals surface area contributed by atoms with Crippen LogP contribution >= 0.6 is 11.6 Å². The summed E-state index contributed by atoms with van der Waals surface area (Å²) in [6.07, 6.45) is 2.03. The van der Waals surface area contributed by atoms with Gasteiger partial charge in [-0.25, -0.2) is 4.99 Å². The number of nitrogens with one attached hydrogen (secondary N) is 2. The summed E-state index contributed by atoms with van der Waals surface area (Å²) >= 11 is 6.20. The lowest BCUT2D eigenvalue weighted by atomic mass is 10.2. The summed E-state index contributed by atoms with van der Waals surface area (Å²) in [4.78, 5) is 17.2. The number of anilines is 1. The molecule has 29 heavy (non-hydrogen) atoms. The molecule has 1 fully saturated rings. The third kappa shape index (κ3) is 5.85. The van der Waals surface area contributed by atoms with Crippen LogP contribution in [0, 0.1) is 0 Å². The molecule has 3 rings (SSSR count). The highest BCUT2D eigenvalue weighted by Crippen LogP contribution is 2.27. The van der Waals surface area contributed by atoms with Crippen LogP contribution in [0.5, 0.6) is 11.5 Å². The van der Waals surface area contributed by atoms with Gasteiger partial charge in [0.15, 0.2) is 0 Å². The maximum atomic E-state index is 12.7. The van der Waals surface area contributed by atoms with Crippen molar-refractivity contribution in [2.24, 2.45) is 4.99 Å². The molecule has 1 saturated heterocycles. The second-order valence-corrected chi connectivity index (χ2v) is 6.89. The molecule has 0 aliphatic carbocycles. The van der Waals surface area contributed by atoms with Gasteiger partial charge >= 0.3 is 0 Å². The van der Waals surface area contributed by atoms with E-state index >= 15 is 0 Å². The Bertz CT molecular complexity index is 882. The molecule has 2 N–H and O–H groups in total. The van der Waals surface area contributed by atoms with E-state index in [2.05, 4.69) is 15.6 Å². The average Bonchev–Trinajstić information content (AvgIpc) is 3.26. The first-order valence-electron chi connectivity index (χ1n) is 9.31. The maximum Gasteiger partial charge on any atom is 0.258 e. The Hall–Kier alpha value is -2.77. The van der Waals surface area contributed by atoms with Crippen molar-refractivity contribution in [1.82, 2.24) is 5.32 Å². The van der Waals surface area contributed by atoms with Gasteiger partial charge in [-0.1, -0.05) is 17.7 Å². The van der Waals surface area contributed by atoms with Crippen LogP contribution in [-0.2, 0) is 4.74 Å². The number of halogens is 1. The standard InChI is InChI=1S/C21H24ClN3O4/c1-27-16-6-3-5-14(11-16)20(26)25-21(23-13-17-7-4-10-29-17)24-15-8-9-19(28-2)18(22)12-15/h3,5-6,8-9,11-12,17H,4,7,10,13H2,1-2H3,(H2,23,24,25,26)/t17-/m0/s1. The summed E-state index contributed by atoms with van der Waals surface area (Å²) in [5.74, 6) is 1.18. The number of carbonyl (C=O) groups is 1. The van der Waals surface area contributed by atoms with E-state index in [1.54, 1.807) is 56.7 Å². The molecule has 1 heterocycles. The number of rotatable bonds is 6. The van der Waals surface area contributed by atoms with E-state index in [0.29, 0.717) is 40.3 Å². The molecule has 1 amide bonds. The lowest BCUT2D eigenvalue weighted by Crippen LogP contribution is -2.36. The molecule has 0 radical (unpaired) electrons. The zero-order chi connectivity index (χ0) is 20.6. The largest absolute Gasteiger partial charge is 0.497 e. The number of aliphatic imine (C=N–C) groups is 1. The average molecular weight is 418 g/mol. The van der Waals surface area contributed by atoms with Gasteiger partial charge in [-0.3, -0.25) is 10.1 Å². The second-order valence-electron chi connectivity index (χ2n) is 6.48. The van der Waals surface area contributed by atoms with Crippen LogP contribution in [0.1, 0.15) is 23.2 Å². The zero-order valence-corrected chi connectivity index (χ0v) is 17.2. The van der Waals surface area contributed by atoms with Crippen molar-refractivity contribution in [3.8, 4) is 11.5 Å². The molecule has 1 aliphatic heterocycles. The van der Waals surface area contributed by atoms with Gasteiger partial charge in [-0.2, -0.15) is 0 Å². The van der Waals surface area contributed by atoms with E-state index in [-0.39, 0.29) is 12.0 Å². The Morgan fingerprint density at radius 2 is 2.10 bits per heavy atom. The molecule has 0 spiro atoms. The molecule has 0 saturated carbocycles. The minimum atomic E-state index is -0.304. The smallest absolute Gasteiger partial charge is 0.258 e. The minimum Gasteiger partial charge on any atom is -0.497 e. The third-order valence-electron chi connectivity index (χ3n) is 4.46. The van der Waals surface area contributed by atoms with Gasteiger partial charge in [0.1, 0.15) is 11.5 Å². The first kappa shape index (κ1) is 21.0. The van der Waals surface area contributed by atoms with Crippen LogP contribution in [0.2, 0.25) is 5.02 Å². The molecule has 2 aromatic carbocycles. The van der Waals surface area contributed by atoms with E-state index in [4.69, 9.17) is 25.8 Å². The molecule has 0 aromatic heterocycles. The van der Waals surface area contributed by atoms with Crippen LogP contribution in [0.15, 0.2) is 47.5 Å². The number of amides is 1. The predicted molar refractivity (Wildman–Crippen MR) is 113 cm³/mol. The second kappa shape index (κ2) is 10.1. The Morgan fingerprint density at radius 3 is 2.79 bits per heavy atom. The molecule has 2 aromatic rings. The van der Waals surface area contributed by atoms with Crippen LogP contribution in [0.4, 0.5) is 5.69 Å². The highest BCUT2D eigenvalue weighted by atomic mass is 35.5. The van der Waals surface area contributed by atoms with E-state index in [9.17, 15) is 4.79 Å². The molecular formula is C21H24ClN3O4. The highest BCUT2D eigenvalue weighted by molar-refractivity contribution is 6.32. The zero-order valence-electron chi connectivity index (χ0n) is 16.4. The van der Waals surface area contributed by atoms with Crippen LogP contribution in [0.3, 0.4) is 0 Å². The fourth-order valence-corrected chi connectivity index (χ4v) is 3.17. The first-order chi connectivity index (χ1) is 14.1. The van der Waals surface area contributed by atoms with Gasteiger partial charge in [0.2, 0.25) is 5.96 Å². The first-order valence-corrected chi connectivity index (χ1v) is 9.69. The van der Waals surface area contributed by atoms with Gasteiger partial charge in [-0.15, -0.1) is 0 Å². The van der Waals surface area contributed by atoms with Crippen molar-refractivity contribution in [2.75, 3.05) is 32.7 Å². The monoisotopic (exact) mass is 417 g/mol. The molecule has 0 bridgehead atoms. The number of hydrogen-bond donors (Lipinski definition) is 2. The molecule has 154 valence electrons. The maximum absolute atomic E-state index is 12.7. The Morgan fingerprint density at radius 1 is 1.24 bits per heavy atom. The van der Waals surface area contributed by atoms with Gasteiger partial charge in [0, 0.05) is 17.9 Å². The van der Waals surface area contributed by atoms with Crippen molar-refractivity contribution < 1.29 is 19.0 Å². The predicted octanol–water partition coefficient (Wildman–Crippen LogP) is 3.73. The Kier molecular flexibility index (Phi) is 7.32. The van der Waals surface area contributed by atoms with Gasteiger partial charge in [0.25, 0.3) is 5.91 Å². The molecule has 7 nitrogen and oxygen atoms in total. The van der Waals surface area contributed by atoms with Gasteiger partial charge < -0.3 is 19.5 Å². The number of methoxy groups -OCH3 is 2. The van der Waals surface area contributed by atoms with Crippen LogP contribution < -0.4 is 20.1 Å². The normalized spacial score (nSPS) is 16.4. The molecular weight excluding hydrogens is 394 g/mol. The summed E-state index contributed by atoms with van der Waals surface area (Å²) in [5.41, 5.74) is 1.14. The van der Waals surface area contributed by atoms with Gasteiger partial charge in [-0.05, 0) is 49.2 Å². The van der Waals surface area contributed by atoms with Crippen molar-refractivity contribution in [2.45, 2.75) is 18.9 Å². The number of nitrogens with zero attached hydrogens (tertiary/aromatic N) is 1.